The van der Waals surface area contributed by atoms with E-state index in [1.807, 2.05) is 53.4 Å². The first-order valence-corrected chi connectivity index (χ1v) is 12.1. The minimum atomic E-state index is -0.139. The molecule has 1 saturated heterocycles. The Kier molecular flexibility index (Phi) is 8.12. The predicted octanol–water partition coefficient (Wildman–Crippen LogP) is 4.93. The van der Waals surface area contributed by atoms with Crippen LogP contribution in [0.4, 0.5) is 5.82 Å². The molecule has 0 unspecified atom stereocenters. The van der Waals surface area contributed by atoms with E-state index in [1.54, 1.807) is 12.3 Å². The second-order valence-electron chi connectivity index (χ2n) is 9.00. The molecule has 2 amide bonds. The van der Waals surface area contributed by atoms with Gasteiger partial charge >= 0.3 is 0 Å². The van der Waals surface area contributed by atoms with Gasteiger partial charge in [-0.25, -0.2) is 4.98 Å². The third-order valence-electron chi connectivity index (χ3n) is 6.61. The Hall–Kier alpha value is -3.15. The van der Waals surface area contributed by atoms with Gasteiger partial charge in [0.25, 0.3) is 0 Å². The Morgan fingerprint density at radius 3 is 2.52 bits per heavy atom. The van der Waals surface area contributed by atoms with Crippen molar-refractivity contribution < 1.29 is 14.3 Å². The highest BCUT2D eigenvalue weighted by Crippen LogP contribution is 2.28. The van der Waals surface area contributed by atoms with Crippen molar-refractivity contribution in [3.05, 3.63) is 60.3 Å². The number of benzene rings is 1. The van der Waals surface area contributed by atoms with Gasteiger partial charge in [-0.1, -0.05) is 49.6 Å². The van der Waals surface area contributed by atoms with Crippen molar-refractivity contribution in [1.82, 2.24) is 9.88 Å². The van der Waals surface area contributed by atoms with E-state index in [4.69, 9.17) is 4.74 Å². The molecule has 1 saturated carbocycles. The summed E-state index contributed by atoms with van der Waals surface area (Å²) in [6.07, 6.45) is 12.7. The van der Waals surface area contributed by atoms with Crippen LogP contribution in [0, 0.1) is 11.8 Å². The van der Waals surface area contributed by atoms with E-state index in [1.165, 1.54) is 32.1 Å². The van der Waals surface area contributed by atoms with E-state index in [2.05, 4.69) is 10.3 Å². The van der Waals surface area contributed by atoms with Gasteiger partial charge in [0.2, 0.25) is 11.8 Å². The molecule has 2 aromatic rings. The minimum Gasteiger partial charge on any atom is -0.489 e. The van der Waals surface area contributed by atoms with Crippen LogP contribution >= 0.6 is 0 Å². The minimum absolute atomic E-state index is 0.0131. The zero-order chi connectivity index (χ0) is 22.9. The quantitative estimate of drug-likeness (QED) is 0.611. The van der Waals surface area contributed by atoms with Crippen LogP contribution in [0.3, 0.4) is 0 Å². The lowest BCUT2D eigenvalue weighted by Crippen LogP contribution is -2.40. The number of carbonyl (C=O) groups excluding carboxylic acids is 2. The summed E-state index contributed by atoms with van der Waals surface area (Å²) < 4.78 is 6.04. The first kappa shape index (κ1) is 23.0. The van der Waals surface area contributed by atoms with Crippen LogP contribution < -0.4 is 10.1 Å². The molecule has 0 spiro atoms. The Bertz CT molecular complexity index is 946. The fourth-order valence-corrected chi connectivity index (χ4v) is 4.58. The van der Waals surface area contributed by atoms with E-state index in [-0.39, 0.29) is 17.7 Å². The number of aromatic nitrogens is 1. The maximum atomic E-state index is 12.9. The number of pyridine rings is 1. The number of amides is 2. The van der Waals surface area contributed by atoms with Gasteiger partial charge in [-0.3, -0.25) is 9.59 Å². The molecule has 0 radical (unpaired) electrons. The summed E-state index contributed by atoms with van der Waals surface area (Å²) in [5.41, 5.74) is 0.997. The lowest BCUT2D eigenvalue weighted by atomic mass is 9.90. The average molecular weight is 448 g/mol. The van der Waals surface area contributed by atoms with Crippen LogP contribution in [0.25, 0.3) is 6.08 Å². The normalized spacial score (nSPS) is 17.8. The van der Waals surface area contributed by atoms with E-state index < -0.39 is 0 Å². The topological polar surface area (TPSA) is 71.5 Å². The number of rotatable bonds is 7. The fraction of sp³-hybridized carbons (Fsp3) is 0.444. The number of ether oxygens (including phenoxy) is 1. The zero-order valence-electron chi connectivity index (χ0n) is 19.1. The molecule has 2 heterocycles. The number of nitrogens with zero attached hydrogens (tertiary/aromatic N) is 2. The van der Waals surface area contributed by atoms with E-state index >= 15 is 0 Å². The van der Waals surface area contributed by atoms with Crippen molar-refractivity contribution in [2.45, 2.75) is 44.9 Å². The monoisotopic (exact) mass is 447 g/mol. The standard InChI is InChI=1S/C27H33N3O3/c31-25(14-13-21-8-3-1-4-9-21)30-18-15-23(16-19-30)27(32)29-26-24(12-7-17-28-26)33-20-22-10-5-2-6-11-22/h1,3-4,7-9,12-14,17,22-23H,2,5-6,10-11,15-16,18-20H2,(H,28,29,32). The first-order chi connectivity index (χ1) is 16.2. The van der Waals surface area contributed by atoms with Crippen molar-refractivity contribution in [3.8, 4) is 5.75 Å². The van der Waals surface area contributed by atoms with Crippen LogP contribution in [-0.2, 0) is 9.59 Å². The maximum absolute atomic E-state index is 12.9. The predicted molar refractivity (Wildman–Crippen MR) is 130 cm³/mol. The van der Waals surface area contributed by atoms with E-state index in [0.717, 1.165) is 5.56 Å². The lowest BCUT2D eigenvalue weighted by Gasteiger charge is -2.30. The Morgan fingerprint density at radius 2 is 1.76 bits per heavy atom. The Balaban J connectivity index is 1.26. The van der Waals surface area contributed by atoms with Gasteiger partial charge in [-0.2, -0.15) is 0 Å². The molecule has 1 N–H and O–H groups in total. The molecule has 4 rings (SSSR count). The molecule has 33 heavy (non-hydrogen) atoms. The second-order valence-corrected chi connectivity index (χ2v) is 9.00. The number of anilines is 1. The fourth-order valence-electron chi connectivity index (χ4n) is 4.58. The molecule has 0 bridgehead atoms. The molecular formula is C27H33N3O3. The van der Waals surface area contributed by atoms with E-state index in [9.17, 15) is 9.59 Å². The van der Waals surface area contributed by atoms with Gasteiger partial charge in [0, 0.05) is 31.3 Å². The van der Waals surface area contributed by atoms with Crippen LogP contribution in [-0.4, -0.2) is 41.4 Å². The van der Waals surface area contributed by atoms with Gasteiger partial charge in [-0.15, -0.1) is 0 Å². The number of nitrogens with one attached hydrogen (secondary N) is 1. The highest BCUT2D eigenvalue weighted by Gasteiger charge is 2.27. The van der Waals surface area contributed by atoms with Gasteiger partial charge < -0.3 is 15.0 Å². The third kappa shape index (κ3) is 6.67. The number of hydrogen-bond acceptors (Lipinski definition) is 4. The summed E-state index contributed by atoms with van der Waals surface area (Å²) in [4.78, 5) is 31.5. The molecule has 2 fully saturated rings. The van der Waals surface area contributed by atoms with Gasteiger partial charge in [-0.05, 0) is 55.4 Å². The Labute approximate surface area is 196 Å². The van der Waals surface area contributed by atoms with Crippen LogP contribution in [0.5, 0.6) is 5.75 Å². The van der Waals surface area contributed by atoms with E-state index in [0.29, 0.717) is 50.0 Å². The van der Waals surface area contributed by atoms with Crippen LogP contribution in [0.2, 0.25) is 0 Å². The average Bonchev–Trinajstić information content (AvgIpc) is 2.88. The summed E-state index contributed by atoms with van der Waals surface area (Å²) >= 11 is 0. The van der Waals surface area contributed by atoms with Gasteiger partial charge in [0.1, 0.15) is 0 Å². The SMILES string of the molecule is O=C(Nc1ncccc1OCC1CCCCC1)C1CCN(C(=O)C=Cc2ccccc2)CC1. The molecule has 2 aliphatic rings. The van der Waals surface area contributed by atoms with Crippen molar-refractivity contribution in [2.24, 2.45) is 11.8 Å². The van der Waals surface area contributed by atoms with Crippen LogP contribution in [0.15, 0.2) is 54.7 Å². The maximum Gasteiger partial charge on any atom is 0.246 e. The number of hydrogen-bond donors (Lipinski definition) is 1. The smallest absolute Gasteiger partial charge is 0.246 e. The lowest BCUT2D eigenvalue weighted by molar-refractivity contribution is -0.130. The van der Waals surface area contributed by atoms with Gasteiger partial charge in [0.05, 0.1) is 6.61 Å². The number of piperidine rings is 1. The molecule has 1 aliphatic heterocycles. The van der Waals surface area contributed by atoms with Crippen molar-refractivity contribution in [3.63, 3.8) is 0 Å². The Morgan fingerprint density at radius 1 is 1.00 bits per heavy atom. The molecule has 174 valence electrons. The van der Waals surface area contributed by atoms with Crippen LogP contribution in [0.1, 0.15) is 50.5 Å². The molecule has 0 atom stereocenters. The third-order valence-corrected chi connectivity index (χ3v) is 6.61. The largest absolute Gasteiger partial charge is 0.489 e. The molecular weight excluding hydrogens is 414 g/mol. The highest BCUT2D eigenvalue weighted by atomic mass is 16.5. The second kappa shape index (κ2) is 11.6. The molecule has 1 aromatic carbocycles. The van der Waals surface area contributed by atoms with Crippen molar-refractivity contribution in [2.75, 3.05) is 25.0 Å². The summed E-state index contributed by atoms with van der Waals surface area (Å²) in [5, 5.41) is 2.97. The first-order valence-electron chi connectivity index (χ1n) is 12.1. The summed E-state index contributed by atoms with van der Waals surface area (Å²) in [5.74, 6) is 1.50. The van der Waals surface area contributed by atoms with Gasteiger partial charge in [0.15, 0.2) is 11.6 Å². The summed E-state index contributed by atoms with van der Waals surface area (Å²) in [6, 6.07) is 13.5. The summed E-state index contributed by atoms with van der Waals surface area (Å²) in [6.45, 7) is 1.82. The molecule has 6 nitrogen and oxygen atoms in total. The molecule has 6 heteroatoms. The highest BCUT2D eigenvalue weighted by molar-refractivity contribution is 5.94. The number of likely N-dealkylation sites (tertiary alicyclic amines) is 1. The molecule has 1 aliphatic carbocycles. The number of carbonyl (C=O) groups is 2. The van der Waals surface area contributed by atoms with Crippen molar-refractivity contribution >= 4 is 23.7 Å². The summed E-state index contributed by atoms with van der Waals surface area (Å²) in [7, 11) is 0. The zero-order valence-corrected chi connectivity index (χ0v) is 19.1. The molecule has 1 aromatic heterocycles. The van der Waals surface area contributed by atoms with Crippen molar-refractivity contribution in [1.29, 1.82) is 0 Å².